The Morgan fingerprint density at radius 2 is 1.48 bits per heavy atom. The van der Waals surface area contributed by atoms with Gasteiger partial charge in [-0.2, -0.15) is 0 Å². The average Bonchev–Trinajstić information content (AvgIpc) is 2.80. The van der Waals surface area contributed by atoms with Crippen LogP contribution in [0.4, 0.5) is 5.69 Å². The number of phenolic OH excluding ortho intramolecular Hbond substituents is 1. The molecule has 4 aromatic carbocycles. The highest BCUT2D eigenvalue weighted by atomic mass is 16.5. The lowest BCUT2D eigenvalue weighted by molar-refractivity contribution is -0.142. The normalized spacial score (nSPS) is 11.5. The highest BCUT2D eigenvalue weighted by Crippen LogP contribution is 2.34. The lowest BCUT2D eigenvalue weighted by atomic mass is 9.90. The lowest BCUT2D eigenvalue weighted by Gasteiger charge is -2.17. The van der Waals surface area contributed by atoms with Gasteiger partial charge in [0.15, 0.2) is 0 Å². The van der Waals surface area contributed by atoms with E-state index in [1.807, 2.05) is 84.9 Å². The Morgan fingerprint density at radius 1 is 0.871 bits per heavy atom. The minimum atomic E-state index is -0.342. The summed E-state index contributed by atoms with van der Waals surface area (Å²) in [6, 6.07) is 28.9. The zero-order valence-corrected chi connectivity index (χ0v) is 17.3. The minimum absolute atomic E-state index is 0.0439. The van der Waals surface area contributed by atoms with E-state index in [-0.39, 0.29) is 18.1 Å². The van der Waals surface area contributed by atoms with Gasteiger partial charge in [0.1, 0.15) is 5.75 Å². The summed E-state index contributed by atoms with van der Waals surface area (Å²) in [5.74, 6) is -0.212. The van der Waals surface area contributed by atoms with Gasteiger partial charge in [-0.3, -0.25) is 4.79 Å². The van der Waals surface area contributed by atoms with Gasteiger partial charge < -0.3 is 9.84 Å². The van der Waals surface area contributed by atoms with Crippen LogP contribution in [-0.2, 0) is 16.0 Å². The number of para-hydroxylation sites is 1. The molecule has 4 heteroatoms. The third kappa shape index (κ3) is 4.48. The fourth-order valence-corrected chi connectivity index (χ4v) is 3.69. The summed E-state index contributed by atoms with van der Waals surface area (Å²) in [6.07, 6.45) is 0.0439. The van der Waals surface area contributed by atoms with Crippen LogP contribution in [0.3, 0.4) is 0 Å². The number of aliphatic imine (C=N–C) groups is 1. The monoisotopic (exact) mass is 409 g/mol. The molecule has 0 aliphatic carbocycles. The average molecular weight is 409 g/mol. The van der Waals surface area contributed by atoms with Gasteiger partial charge in [-0.15, -0.1) is 0 Å². The van der Waals surface area contributed by atoms with Crippen molar-refractivity contribution in [2.45, 2.75) is 13.3 Å². The number of carbonyl (C=O) groups is 1. The van der Waals surface area contributed by atoms with E-state index < -0.39 is 0 Å². The first-order chi connectivity index (χ1) is 15.2. The summed E-state index contributed by atoms with van der Waals surface area (Å²) < 4.78 is 5.20. The molecule has 0 bridgehead atoms. The van der Waals surface area contributed by atoms with Crippen molar-refractivity contribution in [1.29, 1.82) is 0 Å². The van der Waals surface area contributed by atoms with Crippen LogP contribution in [0, 0.1) is 0 Å². The van der Waals surface area contributed by atoms with E-state index in [2.05, 4.69) is 0 Å². The molecule has 4 nitrogen and oxygen atoms in total. The van der Waals surface area contributed by atoms with Gasteiger partial charge in [-0.1, -0.05) is 72.8 Å². The molecule has 0 aliphatic heterocycles. The fraction of sp³-hybridized carbons (Fsp3) is 0.111. The summed E-state index contributed by atoms with van der Waals surface area (Å²) >= 11 is 0. The second-order valence-electron chi connectivity index (χ2n) is 7.12. The zero-order chi connectivity index (χ0) is 21.6. The number of rotatable bonds is 6. The number of phenols is 1. The van der Waals surface area contributed by atoms with Gasteiger partial charge in [-0.25, -0.2) is 4.99 Å². The van der Waals surface area contributed by atoms with Gasteiger partial charge in [-0.05, 0) is 36.1 Å². The van der Waals surface area contributed by atoms with E-state index in [1.54, 1.807) is 13.0 Å². The number of ether oxygens (including phenoxy) is 1. The predicted octanol–water partition coefficient (Wildman–Crippen LogP) is 5.82. The van der Waals surface area contributed by atoms with Crippen molar-refractivity contribution in [2.75, 3.05) is 6.61 Å². The molecule has 4 rings (SSSR count). The molecule has 31 heavy (non-hydrogen) atoms. The molecule has 0 radical (unpaired) electrons. The molecule has 0 saturated carbocycles. The molecule has 0 aromatic heterocycles. The molecular weight excluding hydrogens is 386 g/mol. The van der Waals surface area contributed by atoms with Crippen molar-refractivity contribution in [2.24, 2.45) is 4.99 Å². The number of esters is 1. The van der Waals surface area contributed by atoms with Gasteiger partial charge in [0, 0.05) is 16.5 Å². The minimum Gasteiger partial charge on any atom is -0.507 e. The molecule has 0 spiro atoms. The summed E-state index contributed by atoms with van der Waals surface area (Å²) in [4.78, 5) is 17.4. The largest absolute Gasteiger partial charge is 0.507 e. The standard InChI is InChI=1S/C27H23NO3/c1-2-31-25(30)18-20-17-24(29)22-15-9-10-16-23(22)26(20)27(19-11-5-3-6-12-19)28-21-13-7-4-8-14-21/h3-17,29H,2,18H2,1H3. The number of fused-ring (bicyclic) bond motifs is 1. The first-order valence-corrected chi connectivity index (χ1v) is 10.3. The van der Waals surface area contributed by atoms with Gasteiger partial charge in [0.05, 0.1) is 24.4 Å². The molecule has 0 unspecified atom stereocenters. The maximum Gasteiger partial charge on any atom is 0.310 e. The highest BCUT2D eigenvalue weighted by Gasteiger charge is 2.20. The maximum absolute atomic E-state index is 12.4. The number of benzene rings is 4. The van der Waals surface area contributed by atoms with Crippen molar-refractivity contribution in [3.63, 3.8) is 0 Å². The second-order valence-corrected chi connectivity index (χ2v) is 7.12. The predicted molar refractivity (Wildman–Crippen MR) is 124 cm³/mol. The van der Waals surface area contributed by atoms with E-state index in [0.717, 1.165) is 27.9 Å². The van der Waals surface area contributed by atoms with E-state index >= 15 is 0 Å². The molecule has 154 valence electrons. The molecule has 0 saturated heterocycles. The molecule has 0 fully saturated rings. The van der Waals surface area contributed by atoms with E-state index in [4.69, 9.17) is 9.73 Å². The SMILES string of the molecule is CCOC(=O)Cc1cc(O)c2ccccc2c1C(=Nc1ccccc1)c1ccccc1. The Bertz CT molecular complexity index is 1230. The van der Waals surface area contributed by atoms with Crippen LogP contribution in [0.5, 0.6) is 5.75 Å². The van der Waals surface area contributed by atoms with E-state index in [9.17, 15) is 9.90 Å². The fourth-order valence-electron chi connectivity index (χ4n) is 3.69. The summed E-state index contributed by atoms with van der Waals surface area (Å²) in [5, 5.41) is 12.2. The number of aromatic hydroxyl groups is 1. The molecule has 0 heterocycles. The van der Waals surface area contributed by atoms with E-state index in [0.29, 0.717) is 17.6 Å². The van der Waals surface area contributed by atoms with Crippen molar-refractivity contribution in [1.82, 2.24) is 0 Å². The van der Waals surface area contributed by atoms with Gasteiger partial charge in [0.2, 0.25) is 0 Å². The summed E-state index contributed by atoms with van der Waals surface area (Å²) in [6.45, 7) is 2.08. The topological polar surface area (TPSA) is 58.9 Å². The highest BCUT2D eigenvalue weighted by molar-refractivity contribution is 6.22. The molecule has 0 atom stereocenters. The molecule has 0 amide bonds. The Morgan fingerprint density at radius 3 is 2.16 bits per heavy atom. The third-order valence-electron chi connectivity index (χ3n) is 5.03. The molecule has 1 N–H and O–H groups in total. The summed E-state index contributed by atoms with van der Waals surface area (Å²) in [7, 11) is 0. The molecule has 0 aliphatic rings. The van der Waals surface area contributed by atoms with Crippen LogP contribution in [0.2, 0.25) is 0 Å². The molecule has 4 aromatic rings. The van der Waals surface area contributed by atoms with E-state index in [1.165, 1.54) is 0 Å². The van der Waals surface area contributed by atoms with Crippen molar-refractivity contribution in [3.8, 4) is 5.75 Å². The van der Waals surface area contributed by atoms with Crippen LogP contribution < -0.4 is 0 Å². The number of carbonyl (C=O) groups excluding carboxylic acids is 1. The Balaban J connectivity index is 2.02. The van der Waals surface area contributed by atoms with Crippen LogP contribution in [0.1, 0.15) is 23.6 Å². The zero-order valence-electron chi connectivity index (χ0n) is 17.3. The van der Waals surface area contributed by atoms with Crippen LogP contribution >= 0.6 is 0 Å². The first-order valence-electron chi connectivity index (χ1n) is 10.3. The Kier molecular flexibility index (Phi) is 6.08. The Hall–Kier alpha value is -3.92. The smallest absolute Gasteiger partial charge is 0.310 e. The van der Waals surface area contributed by atoms with Crippen molar-refractivity contribution in [3.05, 3.63) is 108 Å². The van der Waals surface area contributed by atoms with Crippen LogP contribution in [-0.4, -0.2) is 23.4 Å². The van der Waals surface area contributed by atoms with Crippen LogP contribution in [0.15, 0.2) is 96.0 Å². The van der Waals surface area contributed by atoms with Gasteiger partial charge >= 0.3 is 5.97 Å². The maximum atomic E-state index is 12.4. The lowest BCUT2D eigenvalue weighted by Crippen LogP contribution is -2.13. The number of nitrogens with zero attached hydrogens (tertiary/aromatic N) is 1. The van der Waals surface area contributed by atoms with Crippen molar-refractivity contribution >= 4 is 28.1 Å². The van der Waals surface area contributed by atoms with Crippen molar-refractivity contribution < 1.29 is 14.6 Å². The van der Waals surface area contributed by atoms with Crippen LogP contribution in [0.25, 0.3) is 10.8 Å². The Labute approximate surface area is 181 Å². The third-order valence-corrected chi connectivity index (χ3v) is 5.03. The van der Waals surface area contributed by atoms with Gasteiger partial charge in [0.25, 0.3) is 0 Å². The first kappa shape index (κ1) is 20.4. The number of hydrogen-bond acceptors (Lipinski definition) is 4. The quantitative estimate of drug-likeness (QED) is 0.322. The number of hydrogen-bond donors (Lipinski definition) is 1. The second kappa shape index (κ2) is 9.26. The molecular formula is C27H23NO3. The summed E-state index contributed by atoms with van der Waals surface area (Å²) in [5.41, 5.74) is 3.96.